The van der Waals surface area contributed by atoms with E-state index in [2.05, 4.69) is 35.6 Å². The molecule has 2 saturated heterocycles. The molecule has 0 spiro atoms. The zero-order valence-corrected chi connectivity index (χ0v) is 33.6. The number of phenolic OH excluding ortho intramolecular Hbond substituents is 1. The molecule has 5 aliphatic rings. The first-order valence-corrected chi connectivity index (χ1v) is 20.7. The van der Waals surface area contributed by atoms with E-state index < -0.39 is 46.6 Å². The number of carbonyl (C=O) groups excluding carboxylic acids is 3. The first-order chi connectivity index (χ1) is 29.3. The van der Waals surface area contributed by atoms with E-state index in [4.69, 9.17) is 9.51 Å². The van der Waals surface area contributed by atoms with E-state index in [9.17, 15) is 37.5 Å². The monoisotopic (exact) mass is 842 g/mol. The van der Waals surface area contributed by atoms with Crippen molar-refractivity contribution >= 4 is 34.7 Å². The Hall–Kier alpha value is -6.11. The maximum absolute atomic E-state index is 14.3. The van der Waals surface area contributed by atoms with Crippen molar-refractivity contribution in [1.29, 1.82) is 0 Å². The molecule has 1 unspecified atom stereocenters. The molecule has 3 amide bonds. The van der Waals surface area contributed by atoms with E-state index in [-0.39, 0.29) is 35.4 Å². The van der Waals surface area contributed by atoms with Gasteiger partial charge >= 0.3 is 5.69 Å². The molecule has 3 aromatic heterocycles. The number of amides is 3. The van der Waals surface area contributed by atoms with Gasteiger partial charge in [0, 0.05) is 64.0 Å². The Morgan fingerprint density at radius 1 is 0.967 bits per heavy atom. The molecular weight excluding hydrogens is 798 g/mol. The molecule has 5 fully saturated rings. The van der Waals surface area contributed by atoms with Crippen LogP contribution in [-0.2, 0) is 28.5 Å². The molecule has 0 radical (unpaired) electrons. The van der Waals surface area contributed by atoms with Crippen LogP contribution in [0.1, 0.15) is 85.6 Å². The number of phenols is 1. The van der Waals surface area contributed by atoms with Gasteiger partial charge in [0.15, 0.2) is 23.2 Å². The SMILES string of the molecule is Cn1c(=O)n(C2CCC(=O)NC2=O)c2ccc(CCCN3CCN(c4ncc(-c5nc(C67CCC(CNC(=O)c8cc(F)c(O)c(F)c8F)(CC6)CC7)no5)cn4)CC3)cc21. The number of aromatic hydroxyl groups is 1. The number of piperazine rings is 1. The van der Waals surface area contributed by atoms with Crippen LogP contribution in [-0.4, -0.2) is 96.2 Å². The molecule has 1 atom stereocenters. The number of carbonyl (C=O) groups is 3. The molecule has 2 aromatic carbocycles. The smallest absolute Gasteiger partial charge is 0.329 e. The Kier molecular flexibility index (Phi) is 10.4. The number of piperidine rings is 1. The van der Waals surface area contributed by atoms with Crippen molar-refractivity contribution in [2.24, 2.45) is 12.5 Å². The van der Waals surface area contributed by atoms with Crippen LogP contribution in [0.25, 0.3) is 22.5 Å². The molecule has 320 valence electrons. The van der Waals surface area contributed by atoms with Gasteiger partial charge in [0.1, 0.15) is 6.04 Å². The number of fused-ring (bicyclic) bond motifs is 4. The summed E-state index contributed by atoms with van der Waals surface area (Å²) in [5.74, 6) is -6.38. The van der Waals surface area contributed by atoms with Gasteiger partial charge in [0.2, 0.25) is 23.6 Å². The largest absolute Gasteiger partial charge is 0.503 e. The lowest BCUT2D eigenvalue weighted by Gasteiger charge is -2.52. The first kappa shape index (κ1) is 40.3. The van der Waals surface area contributed by atoms with Gasteiger partial charge in [-0.3, -0.25) is 33.7 Å². The highest BCUT2D eigenvalue weighted by molar-refractivity contribution is 6.00. The fraction of sp³-hybridized carbons (Fsp3) is 0.476. The van der Waals surface area contributed by atoms with Crippen molar-refractivity contribution < 1.29 is 37.2 Å². The number of nitrogens with one attached hydrogen (secondary N) is 2. The van der Waals surface area contributed by atoms with Crippen LogP contribution < -0.4 is 21.2 Å². The van der Waals surface area contributed by atoms with Crippen LogP contribution in [0.3, 0.4) is 0 Å². The summed E-state index contributed by atoms with van der Waals surface area (Å²) in [4.78, 5) is 68.6. The zero-order valence-electron chi connectivity index (χ0n) is 33.6. The number of rotatable bonds is 11. The molecular formula is C42H45F3N10O6. The number of imidazole rings is 1. The predicted octanol–water partition coefficient (Wildman–Crippen LogP) is 4.06. The molecule has 3 saturated carbocycles. The number of nitrogens with zero attached hydrogens (tertiary/aromatic N) is 8. The molecule has 2 aliphatic heterocycles. The second kappa shape index (κ2) is 15.7. The Bertz CT molecular complexity index is 2580. The Labute approximate surface area is 347 Å². The minimum absolute atomic E-state index is 0.199. The highest BCUT2D eigenvalue weighted by atomic mass is 19.2. The summed E-state index contributed by atoms with van der Waals surface area (Å²) in [6.07, 6.45) is 10.1. The topological polar surface area (TPSA) is 194 Å². The van der Waals surface area contributed by atoms with Gasteiger partial charge in [-0.15, -0.1) is 0 Å². The minimum Gasteiger partial charge on any atom is -0.503 e. The predicted molar refractivity (Wildman–Crippen MR) is 213 cm³/mol. The number of aromatic nitrogens is 6. The Morgan fingerprint density at radius 3 is 2.39 bits per heavy atom. The minimum atomic E-state index is -1.79. The first-order valence-electron chi connectivity index (χ1n) is 20.7. The Balaban J connectivity index is 0.744. The van der Waals surface area contributed by atoms with Crippen molar-refractivity contribution in [2.75, 3.05) is 44.2 Å². The van der Waals surface area contributed by atoms with Crippen LogP contribution in [0.15, 0.2) is 46.0 Å². The van der Waals surface area contributed by atoms with Gasteiger partial charge in [0.25, 0.3) is 11.8 Å². The number of halogens is 3. The van der Waals surface area contributed by atoms with Crippen LogP contribution in [0.5, 0.6) is 5.75 Å². The van der Waals surface area contributed by atoms with Crippen LogP contribution >= 0.6 is 0 Å². The maximum atomic E-state index is 14.3. The lowest BCUT2D eigenvalue weighted by atomic mass is 9.53. The molecule has 16 nitrogen and oxygen atoms in total. The molecule has 10 rings (SSSR count). The normalized spacial score (nSPS) is 23.1. The average molecular weight is 843 g/mol. The second-order valence-corrected chi connectivity index (χ2v) is 17.0. The van der Waals surface area contributed by atoms with Gasteiger partial charge in [-0.25, -0.2) is 23.5 Å². The van der Waals surface area contributed by atoms with Gasteiger partial charge in [-0.05, 0) is 93.5 Å². The van der Waals surface area contributed by atoms with Gasteiger partial charge in [0.05, 0.1) is 22.2 Å². The summed E-state index contributed by atoms with van der Waals surface area (Å²) in [6, 6.07) is 5.70. The zero-order chi connectivity index (χ0) is 42.6. The summed E-state index contributed by atoms with van der Waals surface area (Å²) in [6.45, 7) is 4.38. The molecule has 3 aliphatic carbocycles. The van der Waals surface area contributed by atoms with E-state index in [1.165, 1.54) is 4.57 Å². The average Bonchev–Trinajstić information content (AvgIpc) is 3.88. The van der Waals surface area contributed by atoms with Crippen molar-refractivity contribution in [3.63, 3.8) is 0 Å². The summed E-state index contributed by atoms with van der Waals surface area (Å²) in [5.41, 5.74) is 1.55. The maximum Gasteiger partial charge on any atom is 0.329 e. The van der Waals surface area contributed by atoms with E-state index in [0.717, 1.165) is 95.2 Å². The third-order valence-corrected chi connectivity index (χ3v) is 13.5. The van der Waals surface area contributed by atoms with Crippen LogP contribution in [0.2, 0.25) is 0 Å². The molecule has 61 heavy (non-hydrogen) atoms. The molecule has 5 heterocycles. The van der Waals surface area contributed by atoms with Crippen molar-refractivity contribution in [1.82, 2.24) is 44.8 Å². The number of benzene rings is 2. The quantitative estimate of drug-likeness (QED) is 0.128. The van der Waals surface area contributed by atoms with E-state index in [0.29, 0.717) is 41.2 Å². The Morgan fingerprint density at radius 2 is 1.69 bits per heavy atom. The summed E-state index contributed by atoms with van der Waals surface area (Å²) >= 11 is 0. The van der Waals surface area contributed by atoms with Crippen LogP contribution in [0, 0.1) is 22.9 Å². The number of aryl methyl sites for hydroxylation is 2. The van der Waals surface area contributed by atoms with E-state index in [1.807, 2.05) is 18.2 Å². The van der Waals surface area contributed by atoms with Gasteiger partial charge < -0.3 is 19.8 Å². The van der Waals surface area contributed by atoms with E-state index >= 15 is 0 Å². The summed E-state index contributed by atoms with van der Waals surface area (Å²) < 4.78 is 50.7. The second-order valence-electron chi connectivity index (χ2n) is 17.0. The highest BCUT2D eigenvalue weighted by Gasteiger charge is 2.51. The van der Waals surface area contributed by atoms with Crippen LogP contribution in [0.4, 0.5) is 19.1 Å². The molecule has 19 heteroatoms. The summed E-state index contributed by atoms with van der Waals surface area (Å²) in [7, 11) is 1.70. The van der Waals surface area contributed by atoms with Gasteiger partial charge in [-0.2, -0.15) is 9.37 Å². The lowest BCUT2D eigenvalue weighted by molar-refractivity contribution is -0.135. The molecule has 3 N–H and O–H groups in total. The summed E-state index contributed by atoms with van der Waals surface area (Å²) in [5, 5.41) is 18.7. The van der Waals surface area contributed by atoms with E-state index in [1.54, 1.807) is 24.0 Å². The third kappa shape index (κ3) is 7.41. The number of hydrogen-bond donors (Lipinski definition) is 3. The van der Waals surface area contributed by atoms with Crippen molar-refractivity contribution in [3.05, 3.63) is 81.5 Å². The number of anilines is 1. The van der Waals surface area contributed by atoms with Crippen molar-refractivity contribution in [2.45, 2.75) is 75.7 Å². The fourth-order valence-corrected chi connectivity index (χ4v) is 9.60. The number of imide groups is 1. The highest BCUT2D eigenvalue weighted by Crippen LogP contribution is 2.57. The lowest BCUT2D eigenvalue weighted by Crippen LogP contribution is -2.49. The fourth-order valence-electron chi connectivity index (χ4n) is 9.60. The molecule has 2 bridgehead atoms. The van der Waals surface area contributed by atoms with Crippen molar-refractivity contribution in [3.8, 4) is 17.2 Å². The standard InChI is InChI=1S/C42H45F3N10O6/c1-52-30-19-24(4-5-28(30)55(40(52)60)29-6-7-31(56)49-36(29)59)3-2-14-53-15-17-54(18-16-53)39-46-21-25(22-47-39)37-50-38(51-61-37)42-11-8-41(9-12-42,10-13-42)23-48-35(58)26-20-27(43)34(57)33(45)32(26)44/h4-5,19-22,29,57H,2-3,6-18,23H2,1H3,(H,48,58)(H,49,56,59). The van der Waals surface area contributed by atoms with Gasteiger partial charge in [-0.1, -0.05) is 11.2 Å². The molecule has 5 aromatic rings. The number of hydrogen-bond acceptors (Lipinski definition) is 12. The third-order valence-electron chi connectivity index (χ3n) is 13.5.